The molecule has 0 N–H and O–H groups in total. The number of benzene rings is 2. The fourth-order valence-corrected chi connectivity index (χ4v) is 4.40. The van der Waals surface area contributed by atoms with Gasteiger partial charge in [-0.2, -0.15) is 0 Å². The van der Waals surface area contributed by atoms with E-state index in [1.165, 1.54) is 5.56 Å². The summed E-state index contributed by atoms with van der Waals surface area (Å²) in [5.41, 5.74) is 3.91. The molecule has 132 valence electrons. The zero-order valence-electron chi connectivity index (χ0n) is 15.4. The molecule has 0 aromatic heterocycles. The highest BCUT2D eigenvalue weighted by molar-refractivity contribution is 14.1. The van der Waals surface area contributed by atoms with Gasteiger partial charge in [0.05, 0.1) is 3.57 Å². The highest BCUT2D eigenvalue weighted by Crippen LogP contribution is 2.37. The first-order valence-electron chi connectivity index (χ1n) is 8.30. The Kier molecular flexibility index (Phi) is 4.76. The number of fused-ring (bicyclic) bond motifs is 2. The van der Waals surface area contributed by atoms with Crippen LogP contribution < -0.4 is 5.43 Å². The van der Waals surface area contributed by atoms with Gasteiger partial charge in [0.15, 0.2) is 11.2 Å². The van der Waals surface area contributed by atoms with Crippen LogP contribution in [0.2, 0.25) is 0 Å². The summed E-state index contributed by atoms with van der Waals surface area (Å²) in [6.07, 6.45) is 0. The third-order valence-corrected chi connectivity index (χ3v) is 6.25. The summed E-state index contributed by atoms with van der Waals surface area (Å²) in [5, 5.41) is 1.08. The van der Waals surface area contributed by atoms with Crippen LogP contribution in [0.15, 0.2) is 33.5 Å². The fraction of sp³-hybridized carbons (Fsp3) is 0.381. The van der Waals surface area contributed by atoms with Crippen molar-refractivity contribution in [2.24, 2.45) is 0 Å². The molecular formula is C21H22I2O2. The highest BCUT2D eigenvalue weighted by atomic mass is 127. The predicted molar refractivity (Wildman–Crippen MR) is 122 cm³/mol. The van der Waals surface area contributed by atoms with Gasteiger partial charge in [-0.3, -0.25) is 4.79 Å². The minimum Gasteiger partial charge on any atom is -0.454 e. The number of hydrogen-bond donors (Lipinski definition) is 0. The van der Waals surface area contributed by atoms with Crippen molar-refractivity contribution >= 4 is 56.2 Å². The standard InChI is InChI=1S/C21H22I2O2/c1-20(2,3)13-8-11-7-12-9-14(21(4,5)6)17(24)16(23)19(12)25-18(11)15(22)10-13/h7-10H,1-6H3. The lowest BCUT2D eigenvalue weighted by molar-refractivity contribution is 0.577. The van der Waals surface area contributed by atoms with Crippen molar-refractivity contribution in [2.45, 2.75) is 52.4 Å². The van der Waals surface area contributed by atoms with Crippen molar-refractivity contribution in [1.82, 2.24) is 0 Å². The Hall–Kier alpha value is -0.630. The molecule has 0 radical (unpaired) electrons. The summed E-state index contributed by atoms with van der Waals surface area (Å²) in [5.74, 6) is 0.688. The van der Waals surface area contributed by atoms with Crippen molar-refractivity contribution < 1.29 is 4.42 Å². The van der Waals surface area contributed by atoms with Gasteiger partial charge in [-0.25, -0.2) is 0 Å². The first kappa shape index (κ1) is 19.1. The Morgan fingerprint density at radius 3 is 2.08 bits per heavy atom. The van der Waals surface area contributed by atoms with Gasteiger partial charge in [0.25, 0.3) is 0 Å². The molecule has 0 amide bonds. The van der Waals surface area contributed by atoms with Gasteiger partial charge < -0.3 is 4.42 Å². The van der Waals surface area contributed by atoms with Gasteiger partial charge in [0.1, 0.15) is 9.15 Å². The summed E-state index contributed by atoms with van der Waals surface area (Å²) in [6.45, 7) is 12.9. The molecule has 0 unspecified atom stereocenters. The van der Waals surface area contributed by atoms with E-state index in [9.17, 15) is 4.79 Å². The minimum absolute atomic E-state index is 0.0741. The zero-order valence-corrected chi connectivity index (χ0v) is 19.7. The molecule has 25 heavy (non-hydrogen) atoms. The third-order valence-electron chi connectivity index (χ3n) is 4.47. The number of hydrogen-bond acceptors (Lipinski definition) is 2. The topological polar surface area (TPSA) is 30.2 Å². The Bertz CT molecular complexity index is 1000. The molecule has 1 aromatic rings. The zero-order chi connectivity index (χ0) is 18.7. The van der Waals surface area contributed by atoms with Crippen LogP contribution in [0.1, 0.15) is 52.7 Å². The summed E-state index contributed by atoms with van der Waals surface area (Å²) in [4.78, 5) is 12.8. The SMILES string of the molecule is CC(C)(C)c1cc(I)c2oc3c(I)c(=O)c(C(C)(C)C)cc-3cc2c1. The van der Waals surface area contributed by atoms with Crippen molar-refractivity contribution in [3.05, 3.63) is 52.8 Å². The van der Waals surface area contributed by atoms with E-state index in [0.717, 1.165) is 25.7 Å². The predicted octanol–water partition coefficient (Wildman–Crippen LogP) is 6.70. The van der Waals surface area contributed by atoms with Gasteiger partial charge >= 0.3 is 0 Å². The highest BCUT2D eigenvalue weighted by Gasteiger charge is 2.25. The van der Waals surface area contributed by atoms with Crippen molar-refractivity contribution in [1.29, 1.82) is 0 Å². The molecule has 0 saturated heterocycles. The van der Waals surface area contributed by atoms with E-state index in [2.05, 4.69) is 105 Å². The Morgan fingerprint density at radius 2 is 1.52 bits per heavy atom. The van der Waals surface area contributed by atoms with Crippen LogP contribution in [0.4, 0.5) is 0 Å². The average molecular weight is 560 g/mol. The second kappa shape index (κ2) is 6.22. The Labute approximate surface area is 176 Å². The smallest absolute Gasteiger partial charge is 0.199 e. The molecule has 1 heterocycles. The minimum atomic E-state index is -0.193. The van der Waals surface area contributed by atoms with Crippen LogP contribution in [0.25, 0.3) is 22.3 Å². The van der Waals surface area contributed by atoms with E-state index < -0.39 is 0 Å². The van der Waals surface area contributed by atoms with E-state index in [0.29, 0.717) is 9.33 Å². The van der Waals surface area contributed by atoms with Crippen LogP contribution in [-0.4, -0.2) is 0 Å². The lowest BCUT2D eigenvalue weighted by Gasteiger charge is -2.22. The molecule has 0 bridgehead atoms. The fourth-order valence-electron chi connectivity index (χ4n) is 2.93. The van der Waals surface area contributed by atoms with E-state index in [-0.39, 0.29) is 16.3 Å². The lowest BCUT2D eigenvalue weighted by atomic mass is 9.84. The van der Waals surface area contributed by atoms with Crippen molar-refractivity contribution in [2.75, 3.05) is 0 Å². The van der Waals surface area contributed by atoms with E-state index >= 15 is 0 Å². The van der Waals surface area contributed by atoms with Crippen LogP contribution in [0.3, 0.4) is 0 Å². The maximum Gasteiger partial charge on any atom is 0.199 e. The summed E-state index contributed by atoms with van der Waals surface area (Å²) in [6, 6.07) is 8.53. The maximum atomic E-state index is 12.8. The van der Waals surface area contributed by atoms with Crippen LogP contribution in [0, 0.1) is 7.14 Å². The van der Waals surface area contributed by atoms with Crippen molar-refractivity contribution in [3.8, 4) is 11.3 Å². The number of rotatable bonds is 0. The largest absolute Gasteiger partial charge is 0.454 e. The molecule has 2 nitrogen and oxygen atoms in total. The molecule has 4 heteroatoms. The second-order valence-electron chi connectivity index (χ2n) is 8.61. The molecule has 0 spiro atoms. The van der Waals surface area contributed by atoms with Crippen molar-refractivity contribution in [3.63, 3.8) is 0 Å². The molecule has 0 fully saturated rings. The Morgan fingerprint density at radius 1 is 0.880 bits per heavy atom. The summed E-state index contributed by atoms with van der Waals surface area (Å²) >= 11 is 4.45. The van der Waals surface area contributed by atoms with Gasteiger partial charge in [-0.05, 0) is 85.8 Å². The quantitative estimate of drug-likeness (QED) is 0.226. The summed E-state index contributed by atoms with van der Waals surface area (Å²) in [7, 11) is 0. The first-order chi connectivity index (χ1) is 11.4. The van der Waals surface area contributed by atoms with Crippen LogP contribution in [0.5, 0.6) is 0 Å². The maximum absolute atomic E-state index is 12.8. The van der Waals surface area contributed by atoms with Crippen LogP contribution >= 0.6 is 45.2 Å². The molecule has 1 aromatic carbocycles. The second-order valence-corrected chi connectivity index (χ2v) is 10.8. The number of halogens is 2. The monoisotopic (exact) mass is 560 g/mol. The normalized spacial score (nSPS) is 13.0. The summed E-state index contributed by atoms with van der Waals surface area (Å²) < 4.78 is 7.95. The van der Waals surface area contributed by atoms with Gasteiger partial charge in [0.2, 0.25) is 0 Å². The van der Waals surface area contributed by atoms with Gasteiger partial charge in [0, 0.05) is 16.5 Å². The van der Waals surface area contributed by atoms with E-state index in [1.807, 2.05) is 6.07 Å². The Balaban J connectivity index is 2.42. The molecule has 1 aliphatic carbocycles. The molecular weight excluding hydrogens is 538 g/mol. The van der Waals surface area contributed by atoms with E-state index in [1.54, 1.807) is 0 Å². The van der Waals surface area contributed by atoms with Crippen LogP contribution in [-0.2, 0) is 10.8 Å². The molecule has 0 saturated carbocycles. The molecule has 1 aliphatic heterocycles. The first-order valence-corrected chi connectivity index (χ1v) is 10.5. The lowest BCUT2D eigenvalue weighted by Crippen LogP contribution is -2.25. The average Bonchev–Trinajstić information content (AvgIpc) is 2.47. The van der Waals surface area contributed by atoms with E-state index in [4.69, 9.17) is 4.42 Å². The molecule has 2 aliphatic rings. The van der Waals surface area contributed by atoms with Gasteiger partial charge in [-0.15, -0.1) is 0 Å². The van der Waals surface area contributed by atoms with Gasteiger partial charge in [-0.1, -0.05) is 41.5 Å². The molecule has 3 rings (SSSR count). The molecule has 0 atom stereocenters. The third kappa shape index (κ3) is 3.48.